The van der Waals surface area contributed by atoms with Crippen LogP contribution < -0.4 is 5.32 Å². The Balaban J connectivity index is 1.56. The number of benzene rings is 2. The molecule has 0 fully saturated rings. The van der Waals surface area contributed by atoms with Crippen molar-refractivity contribution in [2.75, 3.05) is 5.32 Å². The average molecular weight is 364 g/mol. The van der Waals surface area contributed by atoms with E-state index < -0.39 is 0 Å². The van der Waals surface area contributed by atoms with Crippen LogP contribution in [0.25, 0.3) is 16.9 Å². The number of carbonyl (C=O) groups excluding carboxylic acids is 1. The molecule has 1 amide bonds. The average Bonchev–Trinajstić information content (AvgIpc) is 3.33. The number of rotatable bonds is 4. The van der Waals surface area contributed by atoms with Crippen molar-refractivity contribution in [1.29, 1.82) is 0 Å². The van der Waals surface area contributed by atoms with Gasteiger partial charge >= 0.3 is 0 Å². The number of carbonyl (C=O) groups is 1. The number of para-hydroxylation sites is 1. The number of H-pyrrole nitrogens is 1. The van der Waals surface area contributed by atoms with Crippen molar-refractivity contribution in [1.82, 2.24) is 20.0 Å². The molecule has 0 radical (unpaired) electrons. The van der Waals surface area contributed by atoms with E-state index in [9.17, 15) is 4.79 Å². The summed E-state index contributed by atoms with van der Waals surface area (Å²) >= 11 is 5.92. The Morgan fingerprint density at radius 3 is 2.58 bits per heavy atom. The van der Waals surface area contributed by atoms with Crippen LogP contribution in [0.4, 0.5) is 5.69 Å². The Kier molecular flexibility index (Phi) is 4.25. The predicted molar refractivity (Wildman–Crippen MR) is 101 cm³/mol. The van der Waals surface area contributed by atoms with Gasteiger partial charge in [0, 0.05) is 10.6 Å². The van der Waals surface area contributed by atoms with Gasteiger partial charge in [0.2, 0.25) is 0 Å². The fraction of sp³-hybridized carbons (Fsp3) is 0. The molecule has 0 saturated carbocycles. The number of nitrogens with one attached hydrogen (secondary N) is 2. The molecule has 2 aromatic heterocycles. The maximum atomic E-state index is 12.6. The lowest BCUT2D eigenvalue weighted by molar-refractivity contribution is 0.102. The highest BCUT2D eigenvalue weighted by Crippen LogP contribution is 2.24. The molecule has 4 rings (SSSR count). The van der Waals surface area contributed by atoms with E-state index in [1.54, 1.807) is 29.2 Å². The first-order valence-electron chi connectivity index (χ1n) is 7.91. The third-order valence-electron chi connectivity index (χ3n) is 3.88. The van der Waals surface area contributed by atoms with Crippen LogP contribution in [0.2, 0.25) is 5.02 Å². The monoisotopic (exact) mass is 363 g/mol. The zero-order valence-corrected chi connectivity index (χ0v) is 14.3. The Labute approximate surface area is 154 Å². The van der Waals surface area contributed by atoms with Gasteiger partial charge < -0.3 is 5.32 Å². The Morgan fingerprint density at radius 2 is 1.81 bits per heavy atom. The zero-order chi connectivity index (χ0) is 17.9. The quantitative estimate of drug-likeness (QED) is 0.571. The van der Waals surface area contributed by atoms with Gasteiger partial charge in [-0.2, -0.15) is 10.2 Å². The largest absolute Gasteiger partial charge is 0.319 e. The lowest BCUT2D eigenvalue weighted by Gasteiger charge is -2.04. The van der Waals surface area contributed by atoms with Crippen molar-refractivity contribution in [2.45, 2.75) is 0 Å². The SMILES string of the molecule is O=C(Nc1cnn(-c2ccccc2)c1)c1cn[nH]c1-c1ccc(Cl)cc1. The molecule has 2 heterocycles. The number of hydrogen-bond acceptors (Lipinski definition) is 3. The molecule has 0 unspecified atom stereocenters. The predicted octanol–water partition coefficient (Wildman–Crippen LogP) is 4.17. The third-order valence-corrected chi connectivity index (χ3v) is 4.13. The van der Waals surface area contributed by atoms with Crippen LogP contribution in [0.1, 0.15) is 10.4 Å². The fourth-order valence-electron chi connectivity index (χ4n) is 2.60. The molecule has 0 aliphatic heterocycles. The first-order chi connectivity index (χ1) is 12.7. The molecule has 2 aromatic carbocycles. The van der Waals surface area contributed by atoms with Crippen LogP contribution in [0, 0.1) is 0 Å². The number of halogens is 1. The summed E-state index contributed by atoms with van der Waals surface area (Å²) in [6.07, 6.45) is 4.86. The van der Waals surface area contributed by atoms with Gasteiger partial charge in [0.25, 0.3) is 5.91 Å². The molecule has 0 bridgehead atoms. The lowest BCUT2D eigenvalue weighted by Crippen LogP contribution is -2.11. The van der Waals surface area contributed by atoms with Gasteiger partial charge in [0.05, 0.1) is 41.2 Å². The molecule has 0 aliphatic carbocycles. The van der Waals surface area contributed by atoms with Crippen molar-refractivity contribution >= 4 is 23.2 Å². The zero-order valence-electron chi connectivity index (χ0n) is 13.6. The summed E-state index contributed by atoms with van der Waals surface area (Å²) in [5.74, 6) is -0.267. The summed E-state index contributed by atoms with van der Waals surface area (Å²) in [5, 5.41) is 14.6. The Hall–Kier alpha value is -3.38. The number of aromatic amines is 1. The van der Waals surface area contributed by atoms with Gasteiger partial charge in [-0.15, -0.1) is 0 Å². The van der Waals surface area contributed by atoms with E-state index in [2.05, 4.69) is 20.6 Å². The fourth-order valence-corrected chi connectivity index (χ4v) is 2.73. The van der Waals surface area contributed by atoms with Gasteiger partial charge in [0.1, 0.15) is 0 Å². The molecule has 0 atom stereocenters. The number of aromatic nitrogens is 4. The van der Waals surface area contributed by atoms with Crippen LogP contribution in [-0.4, -0.2) is 25.9 Å². The van der Waals surface area contributed by atoms with Crippen molar-refractivity contribution in [3.8, 4) is 16.9 Å². The first kappa shape index (κ1) is 16.1. The summed E-state index contributed by atoms with van der Waals surface area (Å²) in [6, 6.07) is 16.9. The van der Waals surface area contributed by atoms with Crippen molar-refractivity contribution in [2.24, 2.45) is 0 Å². The van der Waals surface area contributed by atoms with Gasteiger partial charge in [-0.25, -0.2) is 4.68 Å². The van der Waals surface area contributed by atoms with Crippen LogP contribution in [-0.2, 0) is 0 Å². The summed E-state index contributed by atoms with van der Waals surface area (Å²) in [7, 11) is 0. The molecule has 6 nitrogen and oxygen atoms in total. The molecular formula is C19H14ClN5O. The second-order valence-electron chi connectivity index (χ2n) is 5.63. The van der Waals surface area contributed by atoms with Crippen LogP contribution in [0.3, 0.4) is 0 Å². The van der Waals surface area contributed by atoms with E-state index >= 15 is 0 Å². The Bertz CT molecular complexity index is 1040. The van der Waals surface area contributed by atoms with Gasteiger partial charge in [-0.1, -0.05) is 41.9 Å². The molecule has 0 saturated heterocycles. The molecular weight excluding hydrogens is 350 g/mol. The molecule has 0 spiro atoms. The van der Waals surface area contributed by atoms with E-state index in [4.69, 9.17) is 11.6 Å². The van der Waals surface area contributed by atoms with Crippen LogP contribution in [0.5, 0.6) is 0 Å². The van der Waals surface area contributed by atoms with Crippen LogP contribution in [0.15, 0.2) is 73.2 Å². The minimum absolute atomic E-state index is 0.267. The highest BCUT2D eigenvalue weighted by molar-refractivity contribution is 6.30. The second kappa shape index (κ2) is 6.85. The molecule has 7 heteroatoms. The molecule has 2 N–H and O–H groups in total. The summed E-state index contributed by atoms with van der Waals surface area (Å²) in [4.78, 5) is 12.6. The highest BCUT2D eigenvalue weighted by Gasteiger charge is 2.16. The second-order valence-corrected chi connectivity index (χ2v) is 6.07. The summed E-state index contributed by atoms with van der Waals surface area (Å²) in [6.45, 7) is 0. The topological polar surface area (TPSA) is 75.6 Å². The van der Waals surface area contributed by atoms with E-state index in [0.29, 0.717) is 22.0 Å². The van der Waals surface area contributed by atoms with Crippen molar-refractivity contribution < 1.29 is 4.79 Å². The lowest BCUT2D eigenvalue weighted by atomic mass is 10.1. The third kappa shape index (κ3) is 3.22. The van der Waals surface area contributed by atoms with E-state index in [-0.39, 0.29) is 5.91 Å². The molecule has 0 aliphatic rings. The van der Waals surface area contributed by atoms with E-state index in [1.165, 1.54) is 6.20 Å². The van der Waals surface area contributed by atoms with Gasteiger partial charge in [-0.05, 0) is 24.3 Å². The summed E-state index contributed by atoms with van der Waals surface area (Å²) < 4.78 is 1.70. The standard InChI is InChI=1S/C19H14ClN5O/c20-14-8-6-13(7-9-14)18-17(11-21-24-18)19(26)23-15-10-22-25(12-15)16-4-2-1-3-5-16/h1-12H,(H,21,24)(H,23,26). The van der Waals surface area contributed by atoms with Crippen LogP contribution >= 0.6 is 11.6 Å². The van der Waals surface area contributed by atoms with E-state index in [0.717, 1.165) is 11.3 Å². The van der Waals surface area contributed by atoms with Crippen molar-refractivity contribution in [3.63, 3.8) is 0 Å². The summed E-state index contributed by atoms with van der Waals surface area (Å²) in [5.41, 5.74) is 3.42. The van der Waals surface area contributed by atoms with Gasteiger partial charge in [-0.3, -0.25) is 9.89 Å². The number of nitrogens with zero attached hydrogens (tertiary/aromatic N) is 3. The molecule has 26 heavy (non-hydrogen) atoms. The molecule has 128 valence electrons. The van der Waals surface area contributed by atoms with E-state index in [1.807, 2.05) is 42.5 Å². The minimum Gasteiger partial charge on any atom is -0.319 e. The smallest absolute Gasteiger partial charge is 0.259 e. The first-order valence-corrected chi connectivity index (χ1v) is 8.29. The number of anilines is 1. The maximum Gasteiger partial charge on any atom is 0.259 e. The Morgan fingerprint density at radius 1 is 1.04 bits per heavy atom. The molecule has 4 aromatic rings. The maximum absolute atomic E-state index is 12.6. The highest BCUT2D eigenvalue weighted by atomic mass is 35.5. The normalized spacial score (nSPS) is 10.7. The van der Waals surface area contributed by atoms with Gasteiger partial charge in [0.15, 0.2) is 0 Å². The number of hydrogen-bond donors (Lipinski definition) is 2. The minimum atomic E-state index is -0.267. The van der Waals surface area contributed by atoms with Crippen molar-refractivity contribution in [3.05, 3.63) is 83.8 Å². The number of amides is 1.